The number of anilines is 2. The van der Waals surface area contributed by atoms with Crippen molar-refractivity contribution in [1.29, 1.82) is 0 Å². The van der Waals surface area contributed by atoms with Gasteiger partial charge in [-0.25, -0.2) is 9.18 Å². The van der Waals surface area contributed by atoms with Gasteiger partial charge in [-0.2, -0.15) is 0 Å². The lowest BCUT2D eigenvalue weighted by molar-refractivity contribution is -0.143. The van der Waals surface area contributed by atoms with E-state index in [1.807, 2.05) is 83.1 Å². The first kappa shape index (κ1) is 31.5. The Labute approximate surface area is 252 Å². The minimum atomic E-state index is -0.741. The number of nitrogens with one attached hydrogen (secondary N) is 1. The number of benzene rings is 3. The van der Waals surface area contributed by atoms with E-state index >= 15 is 0 Å². The third-order valence-electron chi connectivity index (χ3n) is 7.22. The number of carbonyl (C=O) groups excluding carboxylic acids is 3. The summed E-state index contributed by atoms with van der Waals surface area (Å²) in [4.78, 5) is 41.9. The molecule has 1 heterocycles. The van der Waals surface area contributed by atoms with Gasteiger partial charge in [0.15, 0.2) is 6.73 Å². The Morgan fingerprint density at radius 3 is 2.33 bits per heavy atom. The second-order valence-electron chi connectivity index (χ2n) is 12.1. The van der Waals surface area contributed by atoms with Crippen LogP contribution in [0.3, 0.4) is 0 Å². The highest BCUT2D eigenvalue weighted by Crippen LogP contribution is 2.34. The predicted molar refractivity (Wildman–Crippen MR) is 164 cm³/mol. The number of alkyl carbamates (subject to hydrolysis) is 1. The van der Waals surface area contributed by atoms with Crippen molar-refractivity contribution in [2.75, 3.05) is 29.6 Å². The maximum Gasteiger partial charge on any atom is 0.407 e. The number of esters is 1. The van der Waals surface area contributed by atoms with E-state index in [4.69, 9.17) is 9.47 Å². The number of fused-ring (bicyclic) bond motifs is 1. The molecule has 0 saturated heterocycles. The molecule has 3 aromatic carbocycles. The molecule has 0 bridgehead atoms. The minimum absolute atomic E-state index is 0.0772. The van der Waals surface area contributed by atoms with Gasteiger partial charge in [0, 0.05) is 25.2 Å². The highest BCUT2D eigenvalue weighted by atomic mass is 19.1. The lowest BCUT2D eigenvalue weighted by Crippen LogP contribution is -2.39. The average Bonchev–Trinajstić information content (AvgIpc) is 2.95. The number of halogens is 1. The number of amides is 2. The maximum absolute atomic E-state index is 13.7. The van der Waals surface area contributed by atoms with Gasteiger partial charge in [-0.05, 0) is 77.8 Å². The average molecular weight is 590 g/mol. The van der Waals surface area contributed by atoms with E-state index in [0.717, 1.165) is 46.5 Å². The van der Waals surface area contributed by atoms with Crippen molar-refractivity contribution in [3.8, 4) is 0 Å². The SMILES string of the molecule is Cc1cc(N2CCc3cc(F)ccc3C2)cc(C)c1N(COC(=O)CNC(=O)OCc1ccccc1)C(=O)CC(C)(C)C. The van der Waals surface area contributed by atoms with Gasteiger partial charge >= 0.3 is 12.1 Å². The molecule has 9 heteroatoms. The van der Waals surface area contributed by atoms with Crippen LogP contribution in [0.5, 0.6) is 0 Å². The summed E-state index contributed by atoms with van der Waals surface area (Å²) in [5.74, 6) is -1.09. The van der Waals surface area contributed by atoms with Crippen molar-refractivity contribution in [3.63, 3.8) is 0 Å². The van der Waals surface area contributed by atoms with Crippen molar-refractivity contribution in [2.45, 2.75) is 60.6 Å². The summed E-state index contributed by atoms with van der Waals surface area (Å²) < 4.78 is 24.3. The van der Waals surface area contributed by atoms with E-state index in [0.29, 0.717) is 12.2 Å². The molecular formula is C34H40FN3O5. The molecule has 0 saturated carbocycles. The maximum atomic E-state index is 13.7. The molecule has 0 atom stereocenters. The molecule has 0 radical (unpaired) electrons. The van der Waals surface area contributed by atoms with Crippen LogP contribution in [0, 0.1) is 25.1 Å². The molecule has 1 N–H and O–H groups in total. The van der Waals surface area contributed by atoms with Crippen LogP contribution in [0.1, 0.15) is 55.0 Å². The molecule has 0 spiro atoms. The van der Waals surface area contributed by atoms with Gasteiger partial charge in [0.05, 0.1) is 5.69 Å². The number of aryl methyl sites for hydroxylation is 2. The van der Waals surface area contributed by atoms with E-state index in [1.165, 1.54) is 11.0 Å². The van der Waals surface area contributed by atoms with Gasteiger partial charge < -0.3 is 19.7 Å². The minimum Gasteiger partial charge on any atom is -0.445 e. The topological polar surface area (TPSA) is 88.2 Å². The fourth-order valence-corrected chi connectivity index (χ4v) is 5.20. The zero-order valence-corrected chi connectivity index (χ0v) is 25.5. The third-order valence-corrected chi connectivity index (χ3v) is 7.22. The van der Waals surface area contributed by atoms with Crippen LogP contribution in [0.2, 0.25) is 0 Å². The van der Waals surface area contributed by atoms with Crippen LogP contribution in [-0.2, 0) is 38.6 Å². The van der Waals surface area contributed by atoms with Gasteiger partial charge in [-0.15, -0.1) is 0 Å². The molecule has 1 aliphatic rings. The fraction of sp³-hybridized carbons (Fsp3) is 0.382. The second-order valence-corrected chi connectivity index (χ2v) is 12.1. The Morgan fingerprint density at radius 1 is 0.953 bits per heavy atom. The Kier molecular flexibility index (Phi) is 10.1. The van der Waals surface area contributed by atoms with Gasteiger partial charge in [0.2, 0.25) is 5.91 Å². The van der Waals surface area contributed by atoms with E-state index in [1.54, 1.807) is 6.07 Å². The van der Waals surface area contributed by atoms with E-state index in [2.05, 4.69) is 10.2 Å². The molecule has 2 amide bonds. The van der Waals surface area contributed by atoms with Crippen molar-refractivity contribution in [2.24, 2.45) is 5.41 Å². The number of hydrogen-bond acceptors (Lipinski definition) is 6. The summed E-state index contributed by atoms with van der Waals surface area (Å²) >= 11 is 0. The Balaban J connectivity index is 1.43. The quantitative estimate of drug-likeness (QED) is 0.236. The molecule has 0 aliphatic carbocycles. The molecular weight excluding hydrogens is 549 g/mol. The molecule has 43 heavy (non-hydrogen) atoms. The molecule has 4 rings (SSSR count). The molecule has 8 nitrogen and oxygen atoms in total. The number of carbonyl (C=O) groups is 3. The molecule has 0 fully saturated rings. The first-order chi connectivity index (χ1) is 20.4. The largest absolute Gasteiger partial charge is 0.445 e. The Bertz CT molecular complexity index is 1450. The zero-order valence-electron chi connectivity index (χ0n) is 25.5. The molecule has 1 aliphatic heterocycles. The Hall–Kier alpha value is -4.40. The van der Waals surface area contributed by atoms with Crippen LogP contribution in [-0.4, -0.2) is 37.8 Å². The summed E-state index contributed by atoms with van der Waals surface area (Å²) in [6.45, 7) is 10.6. The van der Waals surface area contributed by atoms with Crippen molar-refractivity contribution < 1.29 is 28.2 Å². The second kappa shape index (κ2) is 13.7. The fourth-order valence-electron chi connectivity index (χ4n) is 5.20. The number of rotatable bonds is 9. The van der Waals surface area contributed by atoms with Crippen molar-refractivity contribution in [3.05, 3.63) is 94.3 Å². The standard InChI is InChI=1S/C34H40FN3O5/c1-23-15-29(37-14-13-26-17-28(35)12-11-27(26)20-37)16-24(2)32(23)38(30(39)18-34(3,4)5)22-43-31(40)19-36-33(41)42-21-25-9-7-6-8-10-25/h6-12,15-17H,13-14,18-22H2,1-5H3,(H,36,41). The van der Waals surface area contributed by atoms with Crippen molar-refractivity contribution in [1.82, 2.24) is 5.32 Å². The van der Waals surface area contributed by atoms with Gasteiger partial charge in [-0.3, -0.25) is 14.5 Å². The van der Waals surface area contributed by atoms with E-state index < -0.39 is 18.6 Å². The lowest BCUT2D eigenvalue weighted by Gasteiger charge is -2.33. The molecule has 0 unspecified atom stereocenters. The third kappa shape index (κ3) is 8.80. The predicted octanol–water partition coefficient (Wildman–Crippen LogP) is 6.20. The zero-order chi connectivity index (χ0) is 31.1. The monoisotopic (exact) mass is 589 g/mol. The van der Waals surface area contributed by atoms with E-state index in [9.17, 15) is 18.8 Å². The lowest BCUT2D eigenvalue weighted by atomic mass is 9.91. The summed E-state index contributed by atoms with van der Waals surface area (Å²) in [7, 11) is 0. The smallest absolute Gasteiger partial charge is 0.407 e. The van der Waals surface area contributed by atoms with Gasteiger partial charge in [0.1, 0.15) is 19.0 Å². The molecule has 0 aromatic heterocycles. The van der Waals surface area contributed by atoms with Crippen LogP contribution in [0.4, 0.5) is 20.6 Å². The van der Waals surface area contributed by atoms with Crippen LogP contribution < -0.4 is 15.1 Å². The Morgan fingerprint density at radius 2 is 1.65 bits per heavy atom. The first-order valence-corrected chi connectivity index (χ1v) is 14.4. The number of ether oxygens (including phenoxy) is 2. The molecule has 3 aromatic rings. The van der Waals surface area contributed by atoms with E-state index in [-0.39, 0.29) is 36.9 Å². The van der Waals surface area contributed by atoms with Gasteiger partial charge in [0.25, 0.3) is 0 Å². The van der Waals surface area contributed by atoms with Gasteiger partial charge in [-0.1, -0.05) is 57.2 Å². The van der Waals surface area contributed by atoms with Crippen LogP contribution in [0.25, 0.3) is 0 Å². The summed E-state index contributed by atoms with van der Waals surface area (Å²) in [6, 6.07) is 18.2. The molecule has 228 valence electrons. The van der Waals surface area contributed by atoms with Crippen LogP contribution >= 0.6 is 0 Å². The first-order valence-electron chi connectivity index (χ1n) is 14.4. The highest BCUT2D eigenvalue weighted by Gasteiger charge is 2.27. The van der Waals surface area contributed by atoms with Crippen LogP contribution in [0.15, 0.2) is 60.7 Å². The van der Waals surface area contributed by atoms with Crippen molar-refractivity contribution >= 4 is 29.3 Å². The number of nitrogens with zero attached hydrogens (tertiary/aromatic N) is 2. The highest BCUT2D eigenvalue weighted by molar-refractivity contribution is 5.96. The normalized spacial score (nSPS) is 12.7. The number of hydrogen-bond donors (Lipinski definition) is 1. The summed E-state index contributed by atoms with van der Waals surface area (Å²) in [5, 5.41) is 2.39. The summed E-state index contributed by atoms with van der Waals surface area (Å²) in [5.41, 5.74) is 6.07. The summed E-state index contributed by atoms with van der Waals surface area (Å²) in [6.07, 6.45) is 0.246.